The van der Waals surface area contributed by atoms with Crippen molar-refractivity contribution in [3.05, 3.63) is 65.2 Å². The van der Waals surface area contributed by atoms with Crippen LogP contribution >= 0.6 is 0 Å². The number of carbonyl (C=O) groups excluding carboxylic acids is 2. The number of benzene rings is 2. The molecule has 0 spiro atoms. The lowest BCUT2D eigenvalue weighted by atomic mass is 10.1. The summed E-state index contributed by atoms with van der Waals surface area (Å²) in [6, 6.07) is 11.2. The van der Waals surface area contributed by atoms with Crippen LogP contribution < -0.4 is 10.1 Å². The molecule has 7 nitrogen and oxygen atoms in total. The Kier molecular flexibility index (Phi) is 6.50. The lowest BCUT2D eigenvalue weighted by Gasteiger charge is -2.24. The molecule has 0 aliphatic carbocycles. The quantitative estimate of drug-likeness (QED) is 0.557. The molecule has 2 heterocycles. The van der Waals surface area contributed by atoms with E-state index in [1.54, 1.807) is 42.2 Å². The van der Waals surface area contributed by atoms with Crippen LogP contribution in [0.2, 0.25) is 0 Å². The number of amides is 2. The van der Waals surface area contributed by atoms with E-state index in [9.17, 15) is 14.0 Å². The van der Waals surface area contributed by atoms with E-state index in [0.29, 0.717) is 47.6 Å². The predicted molar refractivity (Wildman–Crippen MR) is 125 cm³/mol. The number of ether oxygens (including phenoxy) is 2. The standard InChI is InChI=1S/C26H29FN2O5/c1-16-23(24(30)28-19-11-12-29(14-19)25(31)34-26(2,3)4)21-13-20(9-10-22(21)33-16)32-15-17-5-7-18(27)8-6-17/h5-10,13,19H,11-12,14-15H2,1-4H3,(H,28,30)/t19-/m0/s1. The van der Waals surface area contributed by atoms with Gasteiger partial charge in [0.25, 0.3) is 5.91 Å². The molecule has 0 unspecified atom stereocenters. The van der Waals surface area contributed by atoms with Crippen LogP contribution in [0.15, 0.2) is 46.9 Å². The molecule has 1 aliphatic heterocycles. The Hall–Kier alpha value is -3.55. The monoisotopic (exact) mass is 468 g/mol. The number of likely N-dealkylation sites (tertiary alicyclic amines) is 1. The third-order valence-corrected chi connectivity index (χ3v) is 5.56. The molecule has 34 heavy (non-hydrogen) atoms. The smallest absolute Gasteiger partial charge is 0.410 e. The van der Waals surface area contributed by atoms with Gasteiger partial charge < -0.3 is 24.1 Å². The fourth-order valence-corrected chi connectivity index (χ4v) is 3.95. The van der Waals surface area contributed by atoms with E-state index in [1.165, 1.54) is 12.1 Å². The highest BCUT2D eigenvalue weighted by atomic mass is 19.1. The number of rotatable bonds is 5. The highest BCUT2D eigenvalue weighted by molar-refractivity contribution is 6.07. The van der Waals surface area contributed by atoms with Gasteiger partial charge in [-0.05, 0) is 70.0 Å². The van der Waals surface area contributed by atoms with E-state index in [0.717, 1.165) is 5.56 Å². The van der Waals surface area contributed by atoms with Gasteiger partial charge in [0.1, 0.15) is 35.1 Å². The number of aryl methyl sites for hydroxylation is 1. The van der Waals surface area contributed by atoms with Crippen LogP contribution in [0.3, 0.4) is 0 Å². The molecule has 3 aromatic rings. The molecule has 1 saturated heterocycles. The minimum absolute atomic E-state index is 0.178. The van der Waals surface area contributed by atoms with Crippen LogP contribution in [-0.4, -0.2) is 41.6 Å². The summed E-state index contributed by atoms with van der Waals surface area (Å²) in [4.78, 5) is 27.1. The molecule has 2 amide bonds. The summed E-state index contributed by atoms with van der Waals surface area (Å²) in [5, 5.41) is 3.67. The molecule has 180 valence electrons. The fraction of sp³-hybridized carbons (Fsp3) is 0.385. The molecule has 1 aliphatic rings. The molecule has 0 radical (unpaired) electrons. The van der Waals surface area contributed by atoms with E-state index >= 15 is 0 Å². The van der Waals surface area contributed by atoms with Gasteiger partial charge in [0, 0.05) is 24.5 Å². The Morgan fingerprint density at radius 3 is 2.62 bits per heavy atom. The van der Waals surface area contributed by atoms with Gasteiger partial charge in [-0.1, -0.05) is 12.1 Å². The Balaban J connectivity index is 1.44. The number of furan rings is 1. The van der Waals surface area contributed by atoms with E-state index in [4.69, 9.17) is 13.9 Å². The zero-order valence-electron chi connectivity index (χ0n) is 19.8. The maximum atomic E-state index is 13.1. The van der Waals surface area contributed by atoms with Gasteiger partial charge >= 0.3 is 6.09 Å². The van der Waals surface area contributed by atoms with Gasteiger partial charge in [-0.25, -0.2) is 9.18 Å². The third-order valence-electron chi connectivity index (χ3n) is 5.56. The molecular weight excluding hydrogens is 439 g/mol. The van der Waals surface area contributed by atoms with Crippen LogP contribution in [0, 0.1) is 12.7 Å². The number of carbonyl (C=O) groups is 2. The number of hydrogen-bond donors (Lipinski definition) is 1. The first-order chi connectivity index (χ1) is 16.1. The van der Waals surface area contributed by atoms with Crippen molar-refractivity contribution >= 4 is 23.0 Å². The van der Waals surface area contributed by atoms with Crippen LogP contribution in [0.5, 0.6) is 5.75 Å². The number of halogens is 1. The SMILES string of the molecule is Cc1oc2ccc(OCc3ccc(F)cc3)cc2c1C(=O)N[C@H]1CCN(C(=O)OC(C)(C)C)C1. The van der Waals surface area contributed by atoms with Crippen molar-refractivity contribution in [3.63, 3.8) is 0 Å². The zero-order valence-corrected chi connectivity index (χ0v) is 19.8. The summed E-state index contributed by atoms with van der Waals surface area (Å²) < 4.78 is 30.2. The number of nitrogens with zero attached hydrogens (tertiary/aromatic N) is 1. The first kappa shape index (κ1) is 23.6. The summed E-state index contributed by atoms with van der Waals surface area (Å²) in [7, 11) is 0. The largest absolute Gasteiger partial charge is 0.489 e. The van der Waals surface area contributed by atoms with Gasteiger partial charge in [-0.3, -0.25) is 4.79 Å². The Labute approximate surface area is 197 Å². The van der Waals surface area contributed by atoms with Gasteiger partial charge in [0.05, 0.1) is 5.56 Å². The van der Waals surface area contributed by atoms with Crippen molar-refractivity contribution in [2.24, 2.45) is 0 Å². The number of fused-ring (bicyclic) bond motifs is 1. The normalized spacial score (nSPS) is 16.0. The van der Waals surface area contributed by atoms with E-state index in [1.807, 2.05) is 20.8 Å². The maximum absolute atomic E-state index is 13.1. The molecule has 1 N–H and O–H groups in total. The minimum atomic E-state index is -0.568. The Morgan fingerprint density at radius 1 is 1.18 bits per heavy atom. The first-order valence-electron chi connectivity index (χ1n) is 11.3. The molecule has 4 rings (SSSR count). The maximum Gasteiger partial charge on any atom is 0.410 e. The van der Waals surface area contributed by atoms with Crippen molar-refractivity contribution in [2.45, 2.75) is 52.4 Å². The fourth-order valence-electron chi connectivity index (χ4n) is 3.95. The van der Waals surface area contributed by atoms with Gasteiger partial charge in [-0.15, -0.1) is 0 Å². The topological polar surface area (TPSA) is 81.0 Å². The van der Waals surface area contributed by atoms with Crippen LogP contribution in [-0.2, 0) is 11.3 Å². The molecule has 2 aromatic carbocycles. The summed E-state index contributed by atoms with van der Waals surface area (Å²) in [6.07, 6.45) is 0.267. The van der Waals surface area contributed by atoms with E-state index in [2.05, 4.69) is 5.32 Å². The molecule has 0 bridgehead atoms. The second kappa shape index (κ2) is 9.37. The van der Waals surface area contributed by atoms with Crippen LogP contribution in [0.1, 0.15) is 48.9 Å². The average Bonchev–Trinajstić information content (AvgIpc) is 3.35. The highest BCUT2D eigenvalue weighted by Crippen LogP contribution is 2.30. The zero-order chi connectivity index (χ0) is 24.5. The second-order valence-electron chi connectivity index (χ2n) is 9.49. The summed E-state index contributed by atoms with van der Waals surface area (Å²) in [5.74, 6) is 0.517. The van der Waals surface area contributed by atoms with Crippen molar-refractivity contribution in [1.82, 2.24) is 10.2 Å². The minimum Gasteiger partial charge on any atom is -0.489 e. The van der Waals surface area contributed by atoms with E-state index < -0.39 is 5.60 Å². The Bertz CT molecular complexity index is 1200. The highest BCUT2D eigenvalue weighted by Gasteiger charge is 2.31. The summed E-state index contributed by atoms with van der Waals surface area (Å²) in [5.41, 5.74) is 1.29. The van der Waals surface area contributed by atoms with Crippen molar-refractivity contribution < 1.29 is 27.9 Å². The van der Waals surface area contributed by atoms with Crippen molar-refractivity contribution in [2.75, 3.05) is 13.1 Å². The molecule has 0 saturated carbocycles. The first-order valence-corrected chi connectivity index (χ1v) is 11.3. The molecule has 1 atom stereocenters. The molecule has 1 aromatic heterocycles. The van der Waals surface area contributed by atoms with Gasteiger partial charge in [0.2, 0.25) is 0 Å². The number of hydrogen-bond acceptors (Lipinski definition) is 5. The van der Waals surface area contributed by atoms with Crippen LogP contribution in [0.4, 0.5) is 9.18 Å². The molecule has 8 heteroatoms. The average molecular weight is 469 g/mol. The van der Waals surface area contributed by atoms with Crippen molar-refractivity contribution in [1.29, 1.82) is 0 Å². The van der Waals surface area contributed by atoms with E-state index in [-0.39, 0.29) is 30.5 Å². The predicted octanol–water partition coefficient (Wildman–Crippen LogP) is 5.20. The molecular formula is C26H29FN2O5. The van der Waals surface area contributed by atoms with Gasteiger partial charge in [-0.2, -0.15) is 0 Å². The van der Waals surface area contributed by atoms with Crippen LogP contribution in [0.25, 0.3) is 11.0 Å². The molecule has 1 fully saturated rings. The van der Waals surface area contributed by atoms with Gasteiger partial charge in [0.15, 0.2) is 0 Å². The summed E-state index contributed by atoms with van der Waals surface area (Å²) >= 11 is 0. The number of nitrogens with one attached hydrogen (secondary N) is 1. The Morgan fingerprint density at radius 2 is 1.91 bits per heavy atom. The lowest BCUT2D eigenvalue weighted by molar-refractivity contribution is 0.0290. The second-order valence-corrected chi connectivity index (χ2v) is 9.49. The third kappa shape index (κ3) is 5.50. The van der Waals surface area contributed by atoms with Crippen molar-refractivity contribution in [3.8, 4) is 5.75 Å². The summed E-state index contributed by atoms with van der Waals surface area (Å²) in [6.45, 7) is 8.40. The lowest BCUT2D eigenvalue weighted by Crippen LogP contribution is -2.40.